The maximum absolute atomic E-state index is 13.2. The first-order valence-corrected chi connectivity index (χ1v) is 14.9. The van der Waals surface area contributed by atoms with Gasteiger partial charge in [0, 0.05) is 21.6 Å². The standard InChI is InChI=1S/C33H21O4PS/c34-19-28-31(38(35,36)37)33(30-26-15-7-3-11-22(26)18-23-12-4-8-16-27(23)30)39-32(28)29-24-13-5-1-9-20(24)17-21-10-2-6-14-25(21)29/h1-19H,(H2,35,36,37). The predicted molar refractivity (Wildman–Crippen MR) is 162 cm³/mol. The number of rotatable bonds is 4. The highest BCUT2D eigenvalue weighted by molar-refractivity contribution is 7.61. The largest absolute Gasteiger partial charge is 0.358 e. The van der Waals surface area contributed by atoms with Crippen LogP contribution in [-0.2, 0) is 4.57 Å². The summed E-state index contributed by atoms with van der Waals surface area (Å²) in [5, 5.41) is 7.29. The van der Waals surface area contributed by atoms with E-state index in [9.17, 15) is 19.1 Å². The van der Waals surface area contributed by atoms with E-state index in [1.54, 1.807) is 0 Å². The minimum Gasteiger partial charge on any atom is -0.321 e. The van der Waals surface area contributed by atoms with Gasteiger partial charge in [-0.25, -0.2) is 0 Å². The summed E-state index contributed by atoms with van der Waals surface area (Å²) in [6, 6.07) is 35.7. The van der Waals surface area contributed by atoms with Gasteiger partial charge in [-0.1, -0.05) is 97.1 Å². The van der Waals surface area contributed by atoms with Crippen LogP contribution in [0.2, 0.25) is 0 Å². The van der Waals surface area contributed by atoms with Crippen molar-refractivity contribution in [1.29, 1.82) is 0 Å². The van der Waals surface area contributed by atoms with E-state index >= 15 is 0 Å². The van der Waals surface area contributed by atoms with Gasteiger partial charge in [-0.2, -0.15) is 0 Å². The molecule has 1 aromatic heterocycles. The minimum atomic E-state index is -4.87. The molecular formula is C33H21O4PS. The lowest BCUT2D eigenvalue weighted by molar-refractivity contribution is 0.112. The van der Waals surface area contributed by atoms with Crippen LogP contribution in [-0.4, -0.2) is 16.1 Å². The Hall–Kier alpha value is -4.12. The topological polar surface area (TPSA) is 74.6 Å². The van der Waals surface area contributed by atoms with E-state index < -0.39 is 7.60 Å². The van der Waals surface area contributed by atoms with Crippen molar-refractivity contribution in [2.24, 2.45) is 0 Å². The van der Waals surface area contributed by atoms with Gasteiger partial charge in [-0.05, 0) is 55.2 Å². The average molecular weight is 545 g/mol. The summed E-state index contributed by atoms with van der Waals surface area (Å²) in [5.41, 5.74) is 1.58. The molecule has 0 saturated carbocycles. The molecule has 7 aromatic rings. The Morgan fingerprint density at radius 3 is 1.28 bits per heavy atom. The number of fused-ring (bicyclic) bond motifs is 4. The lowest BCUT2D eigenvalue weighted by atomic mass is 9.93. The first-order chi connectivity index (χ1) is 19.0. The summed E-state index contributed by atoms with van der Waals surface area (Å²) >= 11 is 1.28. The third kappa shape index (κ3) is 3.75. The van der Waals surface area contributed by atoms with Crippen molar-refractivity contribution in [3.8, 4) is 20.9 Å². The highest BCUT2D eigenvalue weighted by Crippen LogP contribution is 2.51. The van der Waals surface area contributed by atoms with Crippen LogP contribution in [0.1, 0.15) is 10.4 Å². The van der Waals surface area contributed by atoms with Crippen molar-refractivity contribution >= 4 is 73.6 Å². The molecule has 0 amide bonds. The molecule has 1 heterocycles. The Balaban J connectivity index is 1.70. The fourth-order valence-electron chi connectivity index (χ4n) is 5.71. The van der Waals surface area contributed by atoms with Crippen LogP contribution in [0.4, 0.5) is 0 Å². The Morgan fingerprint density at radius 1 is 0.564 bits per heavy atom. The van der Waals surface area contributed by atoms with Crippen molar-refractivity contribution in [3.05, 3.63) is 115 Å². The monoisotopic (exact) mass is 544 g/mol. The quantitative estimate of drug-likeness (QED) is 0.133. The molecule has 6 heteroatoms. The van der Waals surface area contributed by atoms with E-state index in [0.717, 1.165) is 54.2 Å². The highest BCUT2D eigenvalue weighted by Gasteiger charge is 2.34. The molecule has 6 aromatic carbocycles. The first kappa shape index (κ1) is 24.0. The molecule has 4 nitrogen and oxygen atoms in total. The van der Waals surface area contributed by atoms with E-state index in [-0.39, 0.29) is 10.9 Å². The van der Waals surface area contributed by atoms with E-state index in [4.69, 9.17) is 0 Å². The second kappa shape index (κ2) is 8.98. The zero-order chi connectivity index (χ0) is 26.7. The molecule has 0 spiro atoms. The van der Waals surface area contributed by atoms with E-state index in [0.29, 0.717) is 16.0 Å². The second-order valence-corrected chi connectivity index (χ2v) is 12.1. The fraction of sp³-hybridized carbons (Fsp3) is 0. The Kier molecular flexibility index (Phi) is 5.51. The normalized spacial score (nSPS) is 12.1. The molecule has 0 aliphatic rings. The minimum absolute atomic E-state index is 0.0434. The van der Waals surface area contributed by atoms with Crippen LogP contribution in [0.3, 0.4) is 0 Å². The summed E-state index contributed by atoms with van der Waals surface area (Å²) in [4.78, 5) is 35.2. The maximum Gasteiger partial charge on any atom is 0.358 e. The van der Waals surface area contributed by atoms with Crippen LogP contribution < -0.4 is 5.30 Å². The van der Waals surface area contributed by atoms with Crippen molar-refractivity contribution < 1.29 is 19.1 Å². The van der Waals surface area contributed by atoms with Crippen LogP contribution in [0.25, 0.3) is 64.0 Å². The van der Waals surface area contributed by atoms with E-state index in [1.807, 2.05) is 97.1 Å². The molecule has 0 fully saturated rings. The van der Waals surface area contributed by atoms with Crippen LogP contribution in [0, 0.1) is 0 Å². The van der Waals surface area contributed by atoms with Gasteiger partial charge in [0.1, 0.15) is 0 Å². The number of hydrogen-bond donors (Lipinski definition) is 2. The molecule has 0 bridgehead atoms. The molecule has 0 atom stereocenters. The lowest BCUT2D eigenvalue weighted by Crippen LogP contribution is -2.10. The fourth-order valence-corrected chi connectivity index (χ4v) is 8.44. The molecule has 0 saturated heterocycles. The number of carbonyl (C=O) groups is 1. The van der Waals surface area contributed by atoms with E-state index in [1.165, 1.54) is 11.3 Å². The molecule has 7 rings (SSSR count). The van der Waals surface area contributed by atoms with Gasteiger partial charge in [0.05, 0.1) is 10.2 Å². The summed E-state index contributed by atoms with van der Waals surface area (Å²) in [6.07, 6.45) is 0.605. The Bertz CT molecular complexity index is 2050. The second-order valence-electron chi connectivity index (χ2n) is 9.57. The number of benzene rings is 6. The average Bonchev–Trinajstić information content (AvgIpc) is 3.34. The molecule has 0 radical (unpaired) electrons. The van der Waals surface area contributed by atoms with Crippen molar-refractivity contribution in [3.63, 3.8) is 0 Å². The van der Waals surface area contributed by atoms with Crippen molar-refractivity contribution in [2.45, 2.75) is 0 Å². The number of hydrogen-bond acceptors (Lipinski definition) is 3. The number of aldehydes is 1. The van der Waals surface area contributed by atoms with Gasteiger partial charge in [0.2, 0.25) is 0 Å². The van der Waals surface area contributed by atoms with Gasteiger partial charge >= 0.3 is 7.60 Å². The van der Waals surface area contributed by atoms with Crippen molar-refractivity contribution in [1.82, 2.24) is 0 Å². The Morgan fingerprint density at radius 2 is 0.923 bits per heavy atom. The van der Waals surface area contributed by atoms with Crippen molar-refractivity contribution in [2.75, 3.05) is 0 Å². The van der Waals surface area contributed by atoms with E-state index in [2.05, 4.69) is 12.1 Å². The molecule has 188 valence electrons. The van der Waals surface area contributed by atoms with Gasteiger partial charge in [0.15, 0.2) is 6.29 Å². The summed E-state index contributed by atoms with van der Waals surface area (Å²) in [6.45, 7) is 0. The zero-order valence-electron chi connectivity index (χ0n) is 20.5. The molecule has 0 aliphatic heterocycles. The smallest absolute Gasteiger partial charge is 0.321 e. The molecule has 0 aliphatic carbocycles. The van der Waals surface area contributed by atoms with Gasteiger partial charge in [-0.3, -0.25) is 9.36 Å². The third-order valence-corrected chi connectivity index (χ3v) is 9.76. The summed E-state index contributed by atoms with van der Waals surface area (Å²) in [7, 11) is -4.87. The summed E-state index contributed by atoms with van der Waals surface area (Å²) in [5.74, 6) is 0. The molecule has 39 heavy (non-hydrogen) atoms. The third-order valence-electron chi connectivity index (χ3n) is 7.32. The van der Waals surface area contributed by atoms with Gasteiger partial charge < -0.3 is 9.79 Å². The van der Waals surface area contributed by atoms with Gasteiger partial charge in [0.25, 0.3) is 0 Å². The van der Waals surface area contributed by atoms with Crippen LogP contribution in [0.5, 0.6) is 0 Å². The summed E-state index contributed by atoms with van der Waals surface area (Å²) < 4.78 is 13.2. The molecule has 0 unspecified atom stereocenters. The SMILES string of the molecule is O=Cc1c(-c2c3ccccc3cc3ccccc23)sc(-c2c3ccccc3cc3ccccc23)c1P(=O)(O)O. The number of thiophene rings is 1. The van der Waals surface area contributed by atoms with Gasteiger partial charge in [-0.15, -0.1) is 11.3 Å². The predicted octanol–water partition coefficient (Wildman–Crippen LogP) is 8.31. The van der Waals surface area contributed by atoms with Crippen LogP contribution >= 0.6 is 18.9 Å². The maximum atomic E-state index is 13.2. The lowest BCUT2D eigenvalue weighted by Gasteiger charge is -2.13. The molecular weight excluding hydrogens is 523 g/mol. The highest BCUT2D eigenvalue weighted by atomic mass is 32.1. The first-order valence-electron chi connectivity index (χ1n) is 12.5. The molecule has 2 N–H and O–H groups in total. The zero-order valence-corrected chi connectivity index (χ0v) is 22.2. The number of carbonyl (C=O) groups excluding carboxylic acids is 1. The Labute approximate surface area is 227 Å². The van der Waals surface area contributed by atoms with Crippen LogP contribution in [0.15, 0.2) is 109 Å².